The molecule has 0 radical (unpaired) electrons. The van der Waals surface area contributed by atoms with Crippen LogP contribution in [0.3, 0.4) is 0 Å². The molecule has 1 heterocycles. The molecule has 2 aromatic carbocycles. The molecular weight excluding hydrogens is 465 g/mol. The summed E-state index contributed by atoms with van der Waals surface area (Å²) >= 11 is 11.9. The molecule has 8 nitrogen and oxygen atoms in total. The molecule has 2 N–H and O–H groups in total. The van der Waals surface area contributed by atoms with Gasteiger partial charge in [0.1, 0.15) is 11.5 Å². The number of halogens is 2. The van der Waals surface area contributed by atoms with Gasteiger partial charge in [0.2, 0.25) is 5.91 Å². The van der Waals surface area contributed by atoms with Crippen LogP contribution in [-0.2, 0) is 14.8 Å². The summed E-state index contributed by atoms with van der Waals surface area (Å²) < 4.78 is 37.4. The molecule has 0 saturated carbocycles. The highest BCUT2D eigenvalue weighted by atomic mass is 35.5. The summed E-state index contributed by atoms with van der Waals surface area (Å²) in [6.07, 6.45) is 0.691. The van der Waals surface area contributed by atoms with E-state index in [0.717, 1.165) is 0 Å². The maximum atomic E-state index is 12.4. The van der Waals surface area contributed by atoms with Gasteiger partial charge in [-0.2, -0.15) is 0 Å². The minimum Gasteiger partial charge on any atom is -0.492 e. The van der Waals surface area contributed by atoms with Gasteiger partial charge in [0.15, 0.2) is 5.82 Å². The topological polar surface area (TPSA) is 111 Å². The van der Waals surface area contributed by atoms with Crippen LogP contribution in [0.5, 0.6) is 5.75 Å². The number of nitrogens with one attached hydrogen (secondary N) is 2. The van der Waals surface area contributed by atoms with Gasteiger partial charge in [-0.25, -0.2) is 8.42 Å². The van der Waals surface area contributed by atoms with Crippen molar-refractivity contribution in [3.05, 3.63) is 64.3 Å². The normalized spacial score (nSPS) is 11.2. The first kappa shape index (κ1) is 22.9. The van der Waals surface area contributed by atoms with Crippen LogP contribution >= 0.6 is 23.2 Å². The summed E-state index contributed by atoms with van der Waals surface area (Å²) in [6.45, 7) is 1.96. The first-order valence-electron chi connectivity index (χ1n) is 9.17. The molecule has 0 aliphatic carbocycles. The number of carbonyl (C=O) groups is 1. The fourth-order valence-electron chi connectivity index (χ4n) is 2.56. The molecule has 0 bridgehead atoms. The molecule has 3 rings (SSSR count). The van der Waals surface area contributed by atoms with Crippen molar-refractivity contribution in [2.75, 3.05) is 16.6 Å². The number of carbonyl (C=O) groups excluding carboxylic acids is 1. The lowest BCUT2D eigenvalue weighted by Gasteiger charge is -2.09. The Morgan fingerprint density at radius 1 is 1.13 bits per heavy atom. The van der Waals surface area contributed by atoms with Crippen LogP contribution in [-0.4, -0.2) is 26.1 Å². The minimum absolute atomic E-state index is 0.0272. The highest BCUT2D eigenvalue weighted by Crippen LogP contribution is 2.27. The zero-order chi connectivity index (χ0) is 22.4. The SMILES string of the molecule is Cc1cc(NS(=O)(=O)c2ccc(NC(=O)CCCOc3ccc(Cl)cc3Cl)cc2)no1. The molecule has 164 valence electrons. The number of amides is 1. The Kier molecular flexibility index (Phi) is 7.42. The molecule has 0 spiro atoms. The van der Waals surface area contributed by atoms with Gasteiger partial charge < -0.3 is 14.6 Å². The van der Waals surface area contributed by atoms with E-state index in [4.69, 9.17) is 32.5 Å². The third-order valence-electron chi connectivity index (χ3n) is 4.01. The number of benzene rings is 2. The molecule has 31 heavy (non-hydrogen) atoms. The molecule has 0 saturated heterocycles. The molecular formula is C20H19Cl2N3O5S. The van der Waals surface area contributed by atoms with Crippen molar-refractivity contribution in [3.8, 4) is 5.75 Å². The number of hydrogen-bond donors (Lipinski definition) is 2. The van der Waals surface area contributed by atoms with E-state index in [2.05, 4.69) is 15.2 Å². The Labute approximate surface area is 189 Å². The highest BCUT2D eigenvalue weighted by molar-refractivity contribution is 7.92. The summed E-state index contributed by atoms with van der Waals surface area (Å²) in [5.74, 6) is 0.852. The molecule has 1 amide bonds. The van der Waals surface area contributed by atoms with Gasteiger partial charge in [-0.3, -0.25) is 9.52 Å². The number of ether oxygens (including phenoxy) is 1. The van der Waals surface area contributed by atoms with E-state index in [9.17, 15) is 13.2 Å². The van der Waals surface area contributed by atoms with Crippen molar-refractivity contribution in [1.82, 2.24) is 5.16 Å². The van der Waals surface area contributed by atoms with Crippen molar-refractivity contribution in [3.63, 3.8) is 0 Å². The minimum atomic E-state index is -3.82. The number of hydrogen-bond acceptors (Lipinski definition) is 6. The second-order valence-corrected chi connectivity index (χ2v) is 9.05. The van der Waals surface area contributed by atoms with Gasteiger partial charge in [0.05, 0.1) is 16.5 Å². The van der Waals surface area contributed by atoms with Crippen LogP contribution in [0.1, 0.15) is 18.6 Å². The zero-order valence-electron chi connectivity index (χ0n) is 16.4. The molecule has 0 aliphatic rings. The van der Waals surface area contributed by atoms with Crippen LogP contribution in [0.4, 0.5) is 11.5 Å². The third kappa shape index (κ3) is 6.61. The van der Waals surface area contributed by atoms with Crippen molar-refractivity contribution < 1.29 is 22.5 Å². The van der Waals surface area contributed by atoms with E-state index >= 15 is 0 Å². The summed E-state index contributed by atoms with van der Waals surface area (Å²) in [6, 6.07) is 12.2. The van der Waals surface area contributed by atoms with Gasteiger partial charge in [0, 0.05) is 23.2 Å². The highest BCUT2D eigenvalue weighted by Gasteiger charge is 2.16. The van der Waals surface area contributed by atoms with Gasteiger partial charge in [-0.1, -0.05) is 28.4 Å². The van der Waals surface area contributed by atoms with Gasteiger partial charge in [-0.15, -0.1) is 0 Å². The van der Waals surface area contributed by atoms with Crippen molar-refractivity contribution in [1.29, 1.82) is 0 Å². The number of anilines is 2. The zero-order valence-corrected chi connectivity index (χ0v) is 18.7. The smallest absolute Gasteiger partial charge is 0.263 e. The standard InChI is InChI=1S/C20H19Cl2N3O5S/c1-13-11-19(24-30-13)25-31(27,28)16-7-5-15(6-8-16)23-20(26)3-2-10-29-18-9-4-14(21)12-17(18)22/h4-9,11-12H,2-3,10H2,1H3,(H,23,26)(H,24,25). The predicted octanol–water partition coefficient (Wildman–Crippen LogP) is 4.89. The lowest BCUT2D eigenvalue weighted by molar-refractivity contribution is -0.116. The Morgan fingerprint density at radius 3 is 2.52 bits per heavy atom. The van der Waals surface area contributed by atoms with E-state index in [0.29, 0.717) is 40.3 Å². The lowest BCUT2D eigenvalue weighted by atomic mass is 10.2. The first-order chi connectivity index (χ1) is 14.7. The fraction of sp³-hybridized carbons (Fsp3) is 0.200. The van der Waals surface area contributed by atoms with Gasteiger partial charge in [-0.05, 0) is 55.8 Å². The molecule has 0 atom stereocenters. The summed E-state index contributed by atoms with van der Waals surface area (Å²) in [4.78, 5) is 12.1. The van der Waals surface area contributed by atoms with Crippen LogP contribution in [0.15, 0.2) is 57.9 Å². The van der Waals surface area contributed by atoms with E-state index < -0.39 is 10.0 Å². The Morgan fingerprint density at radius 2 is 1.87 bits per heavy atom. The Balaban J connectivity index is 1.47. The van der Waals surface area contributed by atoms with E-state index in [-0.39, 0.29) is 23.0 Å². The monoisotopic (exact) mass is 483 g/mol. The average molecular weight is 484 g/mol. The third-order valence-corrected chi connectivity index (χ3v) is 5.92. The van der Waals surface area contributed by atoms with Gasteiger partial charge in [0.25, 0.3) is 10.0 Å². The molecule has 11 heteroatoms. The lowest BCUT2D eigenvalue weighted by Crippen LogP contribution is -2.14. The average Bonchev–Trinajstić information content (AvgIpc) is 3.11. The van der Waals surface area contributed by atoms with Crippen molar-refractivity contribution in [2.24, 2.45) is 0 Å². The van der Waals surface area contributed by atoms with Crippen LogP contribution in [0.2, 0.25) is 10.0 Å². The molecule has 0 aliphatic heterocycles. The van der Waals surface area contributed by atoms with E-state index in [1.807, 2.05) is 0 Å². The number of rotatable bonds is 9. The summed E-state index contributed by atoms with van der Waals surface area (Å²) in [5.41, 5.74) is 0.475. The number of sulfonamides is 1. The predicted molar refractivity (Wildman–Crippen MR) is 118 cm³/mol. The van der Waals surface area contributed by atoms with Crippen molar-refractivity contribution in [2.45, 2.75) is 24.7 Å². The van der Waals surface area contributed by atoms with Crippen LogP contribution < -0.4 is 14.8 Å². The van der Waals surface area contributed by atoms with E-state index in [1.165, 1.54) is 30.3 Å². The Bertz CT molecular complexity index is 1160. The van der Waals surface area contributed by atoms with Crippen LogP contribution in [0.25, 0.3) is 0 Å². The summed E-state index contributed by atoms with van der Waals surface area (Å²) in [7, 11) is -3.82. The van der Waals surface area contributed by atoms with Gasteiger partial charge >= 0.3 is 0 Å². The molecule has 3 aromatic rings. The number of aromatic nitrogens is 1. The second kappa shape index (κ2) is 10.0. The van der Waals surface area contributed by atoms with E-state index in [1.54, 1.807) is 25.1 Å². The summed E-state index contributed by atoms with van der Waals surface area (Å²) in [5, 5.41) is 7.23. The van der Waals surface area contributed by atoms with Crippen molar-refractivity contribution >= 4 is 50.6 Å². The Hall–Kier alpha value is -2.75. The molecule has 0 unspecified atom stereocenters. The second-order valence-electron chi connectivity index (χ2n) is 6.53. The largest absolute Gasteiger partial charge is 0.492 e. The maximum Gasteiger partial charge on any atom is 0.263 e. The number of aryl methyl sites for hydroxylation is 1. The molecule has 1 aromatic heterocycles. The number of nitrogens with zero attached hydrogens (tertiary/aromatic N) is 1. The van der Waals surface area contributed by atoms with Crippen LogP contribution in [0, 0.1) is 6.92 Å². The quantitative estimate of drug-likeness (QED) is 0.419. The maximum absolute atomic E-state index is 12.4. The fourth-order valence-corrected chi connectivity index (χ4v) is 4.01. The molecule has 0 fully saturated rings. The first-order valence-corrected chi connectivity index (χ1v) is 11.4.